The lowest BCUT2D eigenvalue weighted by atomic mass is 10.3. The Bertz CT molecular complexity index is 497. The number of hydrogen-bond donors (Lipinski definition) is 1. The third kappa shape index (κ3) is 2.62. The number of nitro groups is 1. The molecule has 0 saturated carbocycles. The maximum atomic E-state index is 11.8. The quantitative estimate of drug-likeness (QED) is 0.534. The van der Waals surface area contributed by atoms with Crippen molar-refractivity contribution < 1.29 is 14.5 Å². The van der Waals surface area contributed by atoms with E-state index in [1.165, 1.54) is 15.8 Å². The predicted molar refractivity (Wildman–Crippen MR) is 58.5 cm³/mol. The molecule has 0 radical (unpaired) electrons. The topological polar surface area (TPSA) is 110 Å². The van der Waals surface area contributed by atoms with Crippen molar-refractivity contribution in [3.05, 3.63) is 22.5 Å². The molecular formula is C9H11N5O4. The molecule has 1 aliphatic heterocycles. The highest BCUT2D eigenvalue weighted by molar-refractivity contribution is 5.85. The Balaban J connectivity index is 1.97. The van der Waals surface area contributed by atoms with E-state index in [2.05, 4.69) is 10.4 Å². The van der Waals surface area contributed by atoms with Gasteiger partial charge in [0.15, 0.2) is 0 Å². The first-order valence-electron chi connectivity index (χ1n) is 5.27. The second kappa shape index (κ2) is 4.82. The molecule has 0 atom stereocenters. The molecule has 1 N–H and O–H groups in total. The van der Waals surface area contributed by atoms with Gasteiger partial charge in [-0.3, -0.25) is 24.4 Å². The summed E-state index contributed by atoms with van der Waals surface area (Å²) in [5.41, 5.74) is -0.167. The summed E-state index contributed by atoms with van der Waals surface area (Å²) in [6, 6.07) is 0. The summed E-state index contributed by atoms with van der Waals surface area (Å²) in [7, 11) is 0. The van der Waals surface area contributed by atoms with Crippen molar-refractivity contribution in [2.75, 3.05) is 19.6 Å². The Morgan fingerprint density at radius 2 is 2.39 bits per heavy atom. The normalized spacial score (nSPS) is 15.3. The van der Waals surface area contributed by atoms with Crippen LogP contribution in [-0.4, -0.2) is 51.1 Å². The van der Waals surface area contributed by atoms with E-state index in [1.807, 2.05) is 0 Å². The van der Waals surface area contributed by atoms with Crippen molar-refractivity contribution in [3.63, 3.8) is 0 Å². The molecule has 0 spiro atoms. The average Bonchev–Trinajstić information content (AvgIpc) is 2.77. The SMILES string of the molecule is O=C1CN(C(=O)Cn2cc([N+](=O)[O-])cn2)CCN1. The van der Waals surface area contributed by atoms with Gasteiger partial charge in [-0.2, -0.15) is 5.10 Å². The maximum Gasteiger partial charge on any atom is 0.307 e. The minimum Gasteiger partial charge on any atom is -0.353 e. The highest BCUT2D eigenvalue weighted by atomic mass is 16.6. The fourth-order valence-corrected chi connectivity index (χ4v) is 1.62. The molecule has 1 fully saturated rings. The Kier molecular flexibility index (Phi) is 3.22. The van der Waals surface area contributed by atoms with E-state index >= 15 is 0 Å². The highest BCUT2D eigenvalue weighted by Crippen LogP contribution is 2.08. The fraction of sp³-hybridized carbons (Fsp3) is 0.444. The van der Waals surface area contributed by atoms with Crippen LogP contribution in [0.4, 0.5) is 5.69 Å². The van der Waals surface area contributed by atoms with E-state index < -0.39 is 4.92 Å². The molecule has 2 rings (SSSR count). The predicted octanol–water partition coefficient (Wildman–Crippen LogP) is -1.25. The number of hydrogen-bond acceptors (Lipinski definition) is 5. The van der Waals surface area contributed by atoms with Crippen LogP contribution in [0.5, 0.6) is 0 Å². The van der Waals surface area contributed by atoms with Crippen molar-refractivity contribution >= 4 is 17.5 Å². The first-order valence-corrected chi connectivity index (χ1v) is 5.27. The van der Waals surface area contributed by atoms with Crippen LogP contribution in [0.1, 0.15) is 0 Å². The first-order chi connectivity index (χ1) is 8.56. The van der Waals surface area contributed by atoms with Crippen LogP contribution in [0.15, 0.2) is 12.4 Å². The van der Waals surface area contributed by atoms with Crippen molar-refractivity contribution in [1.82, 2.24) is 20.0 Å². The van der Waals surface area contributed by atoms with Crippen molar-refractivity contribution in [3.8, 4) is 0 Å². The molecule has 0 unspecified atom stereocenters. The summed E-state index contributed by atoms with van der Waals surface area (Å²) in [6.45, 7) is 0.765. The minimum absolute atomic E-state index is 0.0161. The van der Waals surface area contributed by atoms with Crippen LogP contribution in [-0.2, 0) is 16.1 Å². The van der Waals surface area contributed by atoms with Gasteiger partial charge in [0.25, 0.3) is 0 Å². The number of amides is 2. The summed E-state index contributed by atoms with van der Waals surface area (Å²) in [4.78, 5) is 34.2. The van der Waals surface area contributed by atoms with E-state index in [-0.39, 0.29) is 30.6 Å². The van der Waals surface area contributed by atoms with Crippen LogP contribution >= 0.6 is 0 Å². The molecule has 1 aliphatic rings. The molecule has 18 heavy (non-hydrogen) atoms. The van der Waals surface area contributed by atoms with Gasteiger partial charge in [0.1, 0.15) is 18.9 Å². The number of piperazine rings is 1. The van der Waals surface area contributed by atoms with Gasteiger partial charge in [-0.15, -0.1) is 0 Å². The number of rotatable bonds is 3. The van der Waals surface area contributed by atoms with Crippen LogP contribution in [0.3, 0.4) is 0 Å². The monoisotopic (exact) mass is 253 g/mol. The molecule has 2 amide bonds. The average molecular weight is 253 g/mol. The van der Waals surface area contributed by atoms with Crippen molar-refractivity contribution in [1.29, 1.82) is 0 Å². The number of carbonyl (C=O) groups is 2. The lowest BCUT2D eigenvalue weighted by Gasteiger charge is -2.26. The fourth-order valence-electron chi connectivity index (χ4n) is 1.62. The second-order valence-electron chi connectivity index (χ2n) is 3.82. The summed E-state index contributed by atoms with van der Waals surface area (Å²) in [5.74, 6) is -0.496. The third-order valence-electron chi connectivity index (χ3n) is 2.52. The number of carbonyl (C=O) groups excluding carboxylic acids is 2. The summed E-state index contributed by atoms with van der Waals surface area (Å²) in [6.07, 6.45) is 2.26. The molecule has 1 aromatic rings. The van der Waals surface area contributed by atoms with Gasteiger partial charge in [0, 0.05) is 13.1 Å². The van der Waals surface area contributed by atoms with Crippen LogP contribution in [0.25, 0.3) is 0 Å². The first kappa shape index (κ1) is 12.0. The van der Waals surface area contributed by atoms with E-state index in [0.29, 0.717) is 13.1 Å². The van der Waals surface area contributed by atoms with Crippen LogP contribution in [0.2, 0.25) is 0 Å². The minimum atomic E-state index is -0.581. The van der Waals surface area contributed by atoms with E-state index in [4.69, 9.17) is 0 Å². The molecule has 0 aliphatic carbocycles. The number of nitrogens with zero attached hydrogens (tertiary/aromatic N) is 4. The number of nitrogens with one attached hydrogen (secondary N) is 1. The molecule has 0 bridgehead atoms. The van der Waals surface area contributed by atoms with Gasteiger partial charge in [0.05, 0.1) is 11.5 Å². The molecule has 2 heterocycles. The highest BCUT2D eigenvalue weighted by Gasteiger charge is 2.21. The van der Waals surface area contributed by atoms with E-state index in [0.717, 1.165) is 6.20 Å². The zero-order chi connectivity index (χ0) is 13.1. The second-order valence-corrected chi connectivity index (χ2v) is 3.82. The van der Waals surface area contributed by atoms with Gasteiger partial charge >= 0.3 is 5.69 Å². The van der Waals surface area contributed by atoms with Gasteiger partial charge in [-0.1, -0.05) is 0 Å². The number of aromatic nitrogens is 2. The van der Waals surface area contributed by atoms with Gasteiger partial charge < -0.3 is 10.2 Å². The Morgan fingerprint density at radius 3 is 3.00 bits per heavy atom. The maximum absolute atomic E-state index is 11.8. The molecule has 96 valence electrons. The Hall–Kier alpha value is -2.45. The van der Waals surface area contributed by atoms with Crippen LogP contribution < -0.4 is 5.32 Å². The zero-order valence-corrected chi connectivity index (χ0v) is 9.40. The van der Waals surface area contributed by atoms with Gasteiger partial charge in [-0.05, 0) is 0 Å². The smallest absolute Gasteiger partial charge is 0.307 e. The molecule has 1 saturated heterocycles. The molecular weight excluding hydrogens is 242 g/mol. The largest absolute Gasteiger partial charge is 0.353 e. The zero-order valence-electron chi connectivity index (χ0n) is 9.40. The van der Waals surface area contributed by atoms with Crippen molar-refractivity contribution in [2.45, 2.75) is 6.54 Å². The lowest BCUT2D eigenvalue weighted by Crippen LogP contribution is -2.50. The van der Waals surface area contributed by atoms with Crippen molar-refractivity contribution in [2.24, 2.45) is 0 Å². The Morgan fingerprint density at radius 1 is 1.61 bits per heavy atom. The molecule has 9 nitrogen and oxygen atoms in total. The third-order valence-corrected chi connectivity index (χ3v) is 2.52. The summed E-state index contributed by atoms with van der Waals surface area (Å²) < 4.78 is 1.19. The van der Waals surface area contributed by atoms with Gasteiger partial charge in [-0.25, -0.2) is 0 Å². The van der Waals surface area contributed by atoms with E-state index in [9.17, 15) is 19.7 Å². The molecule has 9 heteroatoms. The Labute approximate surface area is 102 Å². The molecule has 0 aromatic carbocycles. The standard InChI is InChI=1S/C9H11N5O4/c15-8-5-12(2-1-10-8)9(16)6-13-4-7(3-11-13)14(17)18/h3-4H,1-2,5-6H2,(H,10,15). The summed E-state index contributed by atoms with van der Waals surface area (Å²) in [5, 5.41) is 16.8. The molecule has 1 aromatic heterocycles. The summed E-state index contributed by atoms with van der Waals surface area (Å²) >= 11 is 0. The van der Waals surface area contributed by atoms with Crippen LogP contribution in [0, 0.1) is 10.1 Å². The van der Waals surface area contributed by atoms with Gasteiger partial charge in [0.2, 0.25) is 11.8 Å². The lowest BCUT2D eigenvalue weighted by molar-refractivity contribution is -0.385. The van der Waals surface area contributed by atoms with E-state index in [1.54, 1.807) is 0 Å².